The van der Waals surface area contributed by atoms with Gasteiger partial charge in [0.15, 0.2) is 10.1 Å². The fourth-order valence-corrected chi connectivity index (χ4v) is 3.32. The second kappa shape index (κ2) is 10.8. The summed E-state index contributed by atoms with van der Waals surface area (Å²) in [6.45, 7) is 2.44. The van der Waals surface area contributed by atoms with Gasteiger partial charge in [-0.2, -0.15) is 30.7 Å². The lowest BCUT2D eigenvalue weighted by Gasteiger charge is -2.34. The first-order valence-electron chi connectivity index (χ1n) is 9.80. The Bertz CT molecular complexity index is 866. The highest BCUT2D eigenvalue weighted by Gasteiger charge is 2.68. The van der Waals surface area contributed by atoms with Gasteiger partial charge < -0.3 is 18.8 Å². The van der Waals surface area contributed by atoms with E-state index in [4.69, 9.17) is 4.74 Å². The van der Waals surface area contributed by atoms with Crippen LogP contribution in [-0.2, 0) is 33.9 Å². The number of rotatable bonds is 11. The summed E-state index contributed by atoms with van der Waals surface area (Å²) in [6.07, 6.45) is -8.16. The van der Waals surface area contributed by atoms with Crippen molar-refractivity contribution >= 4 is 22.1 Å². The Morgan fingerprint density at radius 1 is 1.03 bits per heavy atom. The van der Waals surface area contributed by atoms with E-state index in [1.165, 1.54) is 0 Å². The van der Waals surface area contributed by atoms with Crippen molar-refractivity contribution in [3.8, 4) is 0 Å². The predicted octanol–water partition coefficient (Wildman–Crippen LogP) is 3.81. The van der Waals surface area contributed by atoms with E-state index >= 15 is 0 Å². The van der Waals surface area contributed by atoms with Gasteiger partial charge in [-0.1, -0.05) is 13.0 Å². The smallest absolute Gasteiger partial charge is 0.468 e. The molecule has 1 atom stereocenters. The minimum Gasteiger partial charge on any atom is -0.743 e. The Labute approximate surface area is 190 Å². The largest absolute Gasteiger partial charge is 0.743 e. The molecule has 0 N–H and O–H groups in total. The van der Waals surface area contributed by atoms with Crippen LogP contribution >= 0.6 is 0 Å². The van der Waals surface area contributed by atoms with E-state index in [2.05, 4.69) is 16.1 Å². The highest BCUT2D eigenvalue weighted by atomic mass is 32.2. The van der Waals surface area contributed by atoms with Gasteiger partial charge >= 0.3 is 35.1 Å². The molecule has 0 aromatic heterocycles. The molecule has 0 aromatic carbocycles. The van der Waals surface area contributed by atoms with E-state index in [0.717, 1.165) is 13.3 Å². The molecule has 0 bridgehead atoms. The first-order chi connectivity index (χ1) is 15.3. The van der Waals surface area contributed by atoms with Gasteiger partial charge in [0.1, 0.15) is 6.10 Å². The molecule has 8 nitrogen and oxygen atoms in total. The van der Waals surface area contributed by atoms with Crippen LogP contribution < -0.4 is 0 Å². The van der Waals surface area contributed by atoms with Gasteiger partial charge in [0.25, 0.3) is 0 Å². The molecule has 1 saturated carbocycles. The minimum absolute atomic E-state index is 0.194. The molecule has 34 heavy (non-hydrogen) atoms. The summed E-state index contributed by atoms with van der Waals surface area (Å²) in [6, 6.07) is 0. The molecule has 0 aliphatic heterocycles. The van der Waals surface area contributed by atoms with Gasteiger partial charge in [-0.15, -0.1) is 0 Å². The molecule has 0 radical (unpaired) electrons. The van der Waals surface area contributed by atoms with E-state index in [0.29, 0.717) is 12.8 Å². The average molecular weight is 531 g/mol. The van der Waals surface area contributed by atoms with Gasteiger partial charge in [0.05, 0.1) is 6.61 Å². The first kappa shape index (κ1) is 30.1. The molecule has 0 aromatic rings. The summed E-state index contributed by atoms with van der Waals surface area (Å²) in [5, 5.41) is -6.06. The number of hydrogen-bond acceptors (Lipinski definition) is 8. The number of esters is 2. The normalized spacial score (nSPS) is 18.1. The molecule has 198 valence electrons. The maximum Gasteiger partial charge on any atom is 0.468 e. The topological polar surface area (TPSA) is 119 Å². The van der Waals surface area contributed by atoms with Crippen LogP contribution in [0.5, 0.6) is 0 Å². The summed E-state index contributed by atoms with van der Waals surface area (Å²) in [4.78, 5) is 24.3. The molecule has 1 rings (SSSR count). The molecule has 1 aliphatic carbocycles. The van der Waals surface area contributed by atoms with E-state index in [1.54, 1.807) is 0 Å². The Morgan fingerprint density at radius 3 is 2.00 bits per heavy atom. The first-order valence-corrected chi connectivity index (χ1v) is 11.2. The van der Waals surface area contributed by atoms with Crippen molar-refractivity contribution in [3.63, 3.8) is 0 Å². The summed E-state index contributed by atoms with van der Waals surface area (Å²) >= 11 is 0. The van der Waals surface area contributed by atoms with Crippen molar-refractivity contribution < 1.29 is 67.5 Å². The lowest BCUT2D eigenvalue weighted by molar-refractivity contribution is -0.356. The summed E-state index contributed by atoms with van der Waals surface area (Å²) in [7, 11) is -6.81. The lowest BCUT2D eigenvalue weighted by atomic mass is 9.98. The maximum atomic E-state index is 13.9. The zero-order valence-corrected chi connectivity index (χ0v) is 18.6. The van der Waals surface area contributed by atoms with Crippen LogP contribution in [0.4, 0.5) is 30.7 Å². The SMILES string of the molecule is C=C(C)C(=O)OC(OCCCC(F)(F)C(F)(F)S(=O)(=O)[O-])(C(=O)OC1CCCCC1)C(F)(F)F. The van der Waals surface area contributed by atoms with Crippen LogP contribution in [-0.4, -0.2) is 60.8 Å². The van der Waals surface area contributed by atoms with Crippen LogP contribution in [0.1, 0.15) is 51.9 Å². The van der Waals surface area contributed by atoms with Gasteiger partial charge in [-0.25, -0.2) is 18.0 Å². The van der Waals surface area contributed by atoms with E-state index in [9.17, 15) is 53.3 Å². The molecular weight excluding hydrogens is 509 g/mol. The second-order valence-corrected chi connectivity index (χ2v) is 9.00. The van der Waals surface area contributed by atoms with Crippen molar-refractivity contribution in [2.24, 2.45) is 0 Å². The number of carbonyl (C=O) groups is 2. The zero-order chi connectivity index (χ0) is 26.6. The monoisotopic (exact) mass is 531 g/mol. The fourth-order valence-electron chi connectivity index (χ4n) is 2.85. The lowest BCUT2D eigenvalue weighted by Crippen LogP contribution is -2.59. The standard InChI is InChI=1S/C18H23F7O8S/c1-11(2)13(26)33-16(17(21,22)23,14(27)32-12-7-4-3-5-8-12)31-10-6-9-15(19,20)18(24,25)34(28,29)30/h12H,1,3-10H2,2H3,(H,28,29,30)/p-1. The number of halogens is 7. The number of alkyl halides is 7. The third-order valence-electron chi connectivity index (χ3n) is 4.73. The van der Waals surface area contributed by atoms with E-state index < -0.39 is 76.3 Å². The van der Waals surface area contributed by atoms with Crippen molar-refractivity contribution in [3.05, 3.63) is 12.2 Å². The second-order valence-electron chi connectivity index (χ2n) is 7.58. The van der Waals surface area contributed by atoms with Gasteiger partial charge in [0.2, 0.25) is 0 Å². The third-order valence-corrected chi connectivity index (χ3v) is 5.66. The maximum absolute atomic E-state index is 13.9. The van der Waals surface area contributed by atoms with Crippen LogP contribution in [0.2, 0.25) is 0 Å². The van der Waals surface area contributed by atoms with Crippen LogP contribution in [0.3, 0.4) is 0 Å². The van der Waals surface area contributed by atoms with E-state index in [1.807, 2.05) is 0 Å². The van der Waals surface area contributed by atoms with Crippen LogP contribution in [0.25, 0.3) is 0 Å². The van der Waals surface area contributed by atoms with Crippen LogP contribution in [0, 0.1) is 0 Å². The van der Waals surface area contributed by atoms with Gasteiger partial charge in [-0.3, -0.25) is 0 Å². The number of carbonyl (C=O) groups excluding carboxylic acids is 2. The molecule has 0 heterocycles. The Hall–Kier alpha value is -1.94. The molecule has 0 saturated heterocycles. The highest BCUT2D eigenvalue weighted by molar-refractivity contribution is 7.86. The highest BCUT2D eigenvalue weighted by Crippen LogP contribution is 2.42. The summed E-state index contributed by atoms with van der Waals surface area (Å²) in [5.74, 6) is -13.9. The van der Waals surface area contributed by atoms with Gasteiger partial charge in [0, 0.05) is 12.0 Å². The Balaban J connectivity index is 3.13. The molecule has 1 aliphatic rings. The zero-order valence-electron chi connectivity index (χ0n) is 17.8. The molecule has 0 spiro atoms. The Kier molecular flexibility index (Phi) is 9.53. The summed E-state index contributed by atoms with van der Waals surface area (Å²) in [5.41, 5.74) is -0.602. The van der Waals surface area contributed by atoms with Crippen LogP contribution in [0.15, 0.2) is 12.2 Å². The number of hydrogen-bond donors (Lipinski definition) is 0. The van der Waals surface area contributed by atoms with Crippen molar-refractivity contribution in [2.45, 2.75) is 81.1 Å². The molecule has 0 amide bonds. The molecule has 1 fully saturated rings. The van der Waals surface area contributed by atoms with E-state index in [-0.39, 0.29) is 12.8 Å². The van der Waals surface area contributed by atoms with Crippen molar-refractivity contribution in [1.82, 2.24) is 0 Å². The Morgan fingerprint density at radius 2 is 1.56 bits per heavy atom. The predicted molar refractivity (Wildman–Crippen MR) is 97.4 cm³/mol. The quantitative estimate of drug-likeness (QED) is 0.0987. The minimum atomic E-state index is -6.81. The molecule has 16 heteroatoms. The fraction of sp³-hybridized carbons (Fsp3) is 0.778. The molecule has 1 unspecified atom stereocenters. The van der Waals surface area contributed by atoms with Gasteiger partial charge in [-0.05, 0) is 39.0 Å². The third kappa shape index (κ3) is 6.81. The summed E-state index contributed by atoms with van der Waals surface area (Å²) < 4.78 is 140. The van der Waals surface area contributed by atoms with Crippen molar-refractivity contribution in [1.29, 1.82) is 0 Å². The van der Waals surface area contributed by atoms with Crippen molar-refractivity contribution in [2.75, 3.05) is 6.61 Å². The molecular formula is C18H22F7O8S-. The average Bonchev–Trinajstić information content (AvgIpc) is 2.68. The number of ether oxygens (including phenoxy) is 3.